The first-order chi connectivity index (χ1) is 26.5. The molecule has 1 aliphatic carbocycles. The van der Waals surface area contributed by atoms with E-state index in [0.717, 1.165) is 36.5 Å². The van der Waals surface area contributed by atoms with Gasteiger partial charge in [0.05, 0.1) is 11.6 Å². The first kappa shape index (κ1) is 41.0. The van der Waals surface area contributed by atoms with Crippen LogP contribution in [0.5, 0.6) is 11.5 Å². The van der Waals surface area contributed by atoms with Crippen molar-refractivity contribution in [1.29, 1.82) is 0 Å². The zero-order chi connectivity index (χ0) is 39.1. The fourth-order valence-electron chi connectivity index (χ4n) is 7.00. The Hall–Kier alpha value is -3.68. The van der Waals surface area contributed by atoms with E-state index in [1.54, 1.807) is 43.5 Å². The van der Waals surface area contributed by atoms with Gasteiger partial charge in [-0.15, -0.1) is 0 Å². The normalized spacial score (nSPS) is 17.1. The number of halogens is 1. The number of ether oxygens (including phenoxy) is 2. The molecule has 1 fully saturated rings. The first-order valence-corrected chi connectivity index (χ1v) is 24.5. The third kappa shape index (κ3) is 9.65. The molecular weight excluding hydrogens is 825 g/mol. The van der Waals surface area contributed by atoms with Gasteiger partial charge < -0.3 is 15.2 Å². The van der Waals surface area contributed by atoms with Crippen molar-refractivity contribution in [2.75, 3.05) is 25.5 Å². The molecule has 0 bridgehead atoms. The number of aliphatic hydroxyl groups excluding tert-OH is 1. The predicted molar refractivity (Wildman–Crippen MR) is 219 cm³/mol. The van der Waals surface area contributed by atoms with Gasteiger partial charge in [0.25, 0.3) is 0 Å². The molecule has 0 radical (unpaired) electrons. The Morgan fingerprint density at radius 3 is 2.42 bits per heavy atom. The molecule has 55 heavy (non-hydrogen) atoms. The molecule has 6 N–H and O–H groups in total. The summed E-state index contributed by atoms with van der Waals surface area (Å²) in [5.74, 6) is -0.215. The fraction of sp³-hybridized carbons (Fsp3) is 0.375. The number of phenols is 1. The number of esters is 1. The van der Waals surface area contributed by atoms with E-state index in [-0.39, 0.29) is 35.4 Å². The number of hydrogen-bond donors (Lipinski definition) is 6. The molecule has 0 spiro atoms. The molecule has 0 saturated heterocycles. The van der Waals surface area contributed by atoms with Gasteiger partial charge in [-0.3, -0.25) is 4.79 Å². The monoisotopic (exact) mass is 869 g/mol. The summed E-state index contributed by atoms with van der Waals surface area (Å²) in [6.07, 6.45) is 3.14. The van der Waals surface area contributed by atoms with Crippen molar-refractivity contribution in [3.63, 3.8) is 0 Å². The summed E-state index contributed by atoms with van der Waals surface area (Å²) in [6, 6.07) is 16.7. The van der Waals surface area contributed by atoms with E-state index in [4.69, 9.17) is 21.1 Å². The molecule has 15 heteroatoms. The number of anilines is 1. The maximum atomic E-state index is 13.4. The summed E-state index contributed by atoms with van der Waals surface area (Å²) in [4.78, 5) is 41.9. The van der Waals surface area contributed by atoms with E-state index in [1.807, 2.05) is 22.9 Å². The number of phenolic OH excluding ortho intramolecular Hbond substituents is 1. The first-order valence-electron chi connectivity index (χ1n) is 18.1. The van der Waals surface area contributed by atoms with Gasteiger partial charge in [0.15, 0.2) is 0 Å². The minimum absolute atomic E-state index is 0.0657. The quantitative estimate of drug-likeness (QED) is 0.0343. The standard InChI is InChI=1S/C40H45AsClN3O8S2/c1-41(25-7-9-26(10-8-25)53-39(50)40(51,34-5-3-19-54-34)35-6-4-20-55-35)17-15-37(49)44-30-22-33(52-2)24(21-29(30)42)16-18-43-23-32(47)27-11-13-31(46)38-28(27)12-14-36(48)45-38/h3-6,11-14,19-22,25-26,32,43,46-47,51H,7-10,15-18,23H2,1-2H3,(H,44,49)(H,45,48)/t25?,26?,32-,41?/m0/s1. The van der Waals surface area contributed by atoms with Crippen LogP contribution in [0.4, 0.5) is 5.69 Å². The zero-order valence-corrected chi connectivity index (χ0v) is 34.8. The summed E-state index contributed by atoms with van der Waals surface area (Å²) in [5.41, 5.74) is 2.34. The van der Waals surface area contributed by atoms with Crippen LogP contribution in [0.25, 0.3) is 10.9 Å². The Kier molecular flexibility index (Phi) is 13.8. The summed E-state index contributed by atoms with van der Waals surface area (Å²) in [6.45, 7) is 0.734. The van der Waals surface area contributed by atoms with Crippen molar-refractivity contribution in [2.45, 2.75) is 72.0 Å². The molecule has 2 atom stereocenters. The molecule has 6 rings (SSSR count). The second-order valence-electron chi connectivity index (χ2n) is 13.7. The maximum absolute atomic E-state index is 13.4. The van der Waals surface area contributed by atoms with Crippen molar-refractivity contribution in [1.82, 2.24) is 10.3 Å². The number of aromatic hydroxyl groups is 1. The van der Waals surface area contributed by atoms with Gasteiger partial charge in [-0.2, -0.15) is 0 Å². The number of aromatic amines is 1. The molecule has 3 heterocycles. The Morgan fingerprint density at radius 2 is 1.76 bits per heavy atom. The Balaban J connectivity index is 0.946. The number of methoxy groups -OCH3 is 1. The van der Waals surface area contributed by atoms with Crippen LogP contribution in [0.15, 0.2) is 76.2 Å². The van der Waals surface area contributed by atoms with E-state index >= 15 is 0 Å². The van der Waals surface area contributed by atoms with Crippen LogP contribution in [0.3, 0.4) is 0 Å². The average molecular weight is 870 g/mol. The third-order valence-corrected chi connectivity index (χ3v) is 18.0. The van der Waals surface area contributed by atoms with E-state index in [0.29, 0.717) is 61.3 Å². The number of fused-ring (bicyclic) bond motifs is 1. The molecule has 2 aromatic carbocycles. The smallest absolute Gasteiger partial charge is 0.506 e. The number of thiophene rings is 2. The van der Waals surface area contributed by atoms with Crippen LogP contribution < -0.4 is 20.9 Å². The molecule has 0 aliphatic heterocycles. The van der Waals surface area contributed by atoms with Crippen LogP contribution in [-0.4, -0.2) is 73.1 Å². The SMILES string of the molecule is COc1cc(NC(=O)CC[As](C)C2CCC(OC(=O)C(O)(c3cccs3)c3cccs3)CC2)c(Cl)cc1CCNC[C@H](O)c1ccc(O)c2[nH]c(=O)ccc12. The van der Waals surface area contributed by atoms with Gasteiger partial charge in [-0.1, -0.05) is 6.07 Å². The van der Waals surface area contributed by atoms with Crippen molar-refractivity contribution in [2.24, 2.45) is 0 Å². The van der Waals surface area contributed by atoms with E-state index in [1.165, 1.54) is 34.8 Å². The number of pyridine rings is 1. The second-order valence-corrected chi connectivity index (χ2v) is 21.6. The Morgan fingerprint density at radius 1 is 1.05 bits per heavy atom. The molecule has 1 amide bonds. The predicted octanol–water partition coefficient (Wildman–Crippen LogP) is 7.13. The number of amides is 1. The average Bonchev–Trinajstić information content (AvgIpc) is 3.93. The Labute approximate surface area is 336 Å². The molecule has 1 saturated carbocycles. The van der Waals surface area contributed by atoms with Gasteiger partial charge in [0.2, 0.25) is 5.56 Å². The summed E-state index contributed by atoms with van der Waals surface area (Å²) >= 11 is 7.94. The van der Waals surface area contributed by atoms with Crippen LogP contribution >= 0.6 is 34.3 Å². The molecular formula is C40H45AsClN3O8S2. The number of aromatic nitrogens is 1. The van der Waals surface area contributed by atoms with Crippen molar-refractivity contribution < 1.29 is 34.4 Å². The topological polar surface area (TPSA) is 170 Å². The number of carbonyl (C=O) groups is 2. The van der Waals surface area contributed by atoms with Gasteiger partial charge in [0.1, 0.15) is 5.75 Å². The van der Waals surface area contributed by atoms with E-state index in [2.05, 4.69) is 21.3 Å². The van der Waals surface area contributed by atoms with Gasteiger partial charge in [-0.25, -0.2) is 0 Å². The number of benzene rings is 2. The number of hydrogen-bond acceptors (Lipinski definition) is 11. The van der Waals surface area contributed by atoms with E-state index in [9.17, 15) is 29.7 Å². The second kappa shape index (κ2) is 18.5. The Bertz CT molecular complexity index is 2100. The number of H-pyrrole nitrogens is 1. The van der Waals surface area contributed by atoms with Crippen LogP contribution in [0.2, 0.25) is 20.6 Å². The number of carbonyl (C=O) groups excluding carboxylic acids is 2. The zero-order valence-electron chi connectivity index (χ0n) is 30.5. The van der Waals surface area contributed by atoms with Crippen LogP contribution in [0.1, 0.15) is 59.1 Å². The third-order valence-electron chi connectivity index (χ3n) is 10.1. The molecule has 1 unspecified atom stereocenters. The summed E-state index contributed by atoms with van der Waals surface area (Å²) in [7, 11) is 1.56. The number of nitrogens with one attached hydrogen (secondary N) is 3. The minimum Gasteiger partial charge on any atom is -0.506 e. The van der Waals surface area contributed by atoms with E-state index < -0.39 is 32.3 Å². The van der Waals surface area contributed by atoms with Crippen molar-refractivity contribution >= 4 is 77.4 Å². The van der Waals surface area contributed by atoms with Crippen molar-refractivity contribution in [3.05, 3.63) is 108 Å². The fourth-order valence-corrected chi connectivity index (χ4v) is 13.4. The van der Waals surface area contributed by atoms with Gasteiger partial charge >= 0.3 is 261 Å². The van der Waals surface area contributed by atoms with Crippen molar-refractivity contribution in [3.8, 4) is 11.5 Å². The molecule has 5 aromatic rings. The molecule has 292 valence electrons. The molecule has 11 nitrogen and oxygen atoms in total. The minimum atomic E-state index is -1.80. The van der Waals surface area contributed by atoms with Gasteiger partial charge in [-0.05, 0) is 17.7 Å². The molecule has 3 aromatic heterocycles. The van der Waals surface area contributed by atoms with Gasteiger partial charge in [0, 0.05) is 11.5 Å². The van der Waals surface area contributed by atoms with Crippen LogP contribution in [0, 0.1) is 0 Å². The number of rotatable bonds is 16. The van der Waals surface area contributed by atoms with Crippen LogP contribution in [-0.2, 0) is 26.3 Å². The summed E-state index contributed by atoms with van der Waals surface area (Å²) in [5, 5.41) is 44.3. The summed E-state index contributed by atoms with van der Waals surface area (Å²) < 4.78 is 12.1. The molecule has 1 aliphatic rings. The number of aliphatic hydroxyl groups is 2.